The maximum Gasteiger partial charge on any atom is 0.258 e. The molecule has 0 unspecified atom stereocenters. The average molecular weight is 303 g/mol. The van der Waals surface area contributed by atoms with Gasteiger partial charge in [-0.3, -0.25) is 4.79 Å². The summed E-state index contributed by atoms with van der Waals surface area (Å²) in [5.41, 5.74) is 0.626. The molecular formula is C16H21N3O3. The van der Waals surface area contributed by atoms with Gasteiger partial charge in [-0.25, -0.2) is 0 Å². The van der Waals surface area contributed by atoms with Gasteiger partial charge in [-0.05, 0) is 32.8 Å². The van der Waals surface area contributed by atoms with E-state index in [1.807, 2.05) is 18.7 Å². The Hall–Kier alpha value is -2.11. The van der Waals surface area contributed by atoms with E-state index in [2.05, 4.69) is 10.2 Å². The van der Waals surface area contributed by atoms with Crippen LogP contribution in [0.1, 0.15) is 65.4 Å². The molecule has 1 saturated heterocycles. The number of hydrogen-bond donors (Lipinski definition) is 0. The van der Waals surface area contributed by atoms with Gasteiger partial charge in [0.25, 0.3) is 5.91 Å². The standard InChI is InChI=1S/C16H21N3O3/c1-10-9-13(11(2)21-10)16(20)19-8-6-4-5-7-14(19)15-18-17-12(3)22-15/h9,14H,4-8H2,1-3H3/t14-/m0/s1. The number of aromatic nitrogens is 2. The van der Waals surface area contributed by atoms with Crippen LogP contribution in [0.4, 0.5) is 0 Å². The zero-order chi connectivity index (χ0) is 15.7. The molecule has 3 heterocycles. The minimum absolute atomic E-state index is 0.0166. The van der Waals surface area contributed by atoms with Gasteiger partial charge in [0, 0.05) is 13.5 Å². The molecule has 1 aliphatic rings. The molecule has 2 aromatic heterocycles. The minimum atomic E-state index is -0.147. The van der Waals surface area contributed by atoms with E-state index in [0.29, 0.717) is 29.6 Å². The van der Waals surface area contributed by atoms with Gasteiger partial charge in [0.1, 0.15) is 17.6 Å². The van der Waals surface area contributed by atoms with Crippen molar-refractivity contribution in [2.24, 2.45) is 0 Å². The van der Waals surface area contributed by atoms with Gasteiger partial charge in [-0.2, -0.15) is 0 Å². The fraction of sp³-hybridized carbons (Fsp3) is 0.562. The Morgan fingerprint density at radius 1 is 1.18 bits per heavy atom. The summed E-state index contributed by atoms with van der Waals surface area (Å²) in [6.45, 7) is 6.15. The molecule has 0 N–H and O–H groups in total. The molecule has 0 bridgehead atoms. The molecule has 6 heteroatoms. The van der Waals surface area contributed by atoms with Crippen LogP contribution in [0.15, 0.2) is 14.9 Å². The van der Waals surface area contributed by atoms with E-state index >= 15 is 0 Å². The van der Waals surface area contributed by atoms with Crippen molar-refractivity contribution in [3.63, 3.8) is 0 Å². The zero-order valence-corrected chi connectivity index (χ0v) is 13.3. The van der Waals surface area contributed by atoms with Gasteiger partial charge in [-0.15, -0.1) is 10.2 Å². The number of carbonyl (C=O) groups excluding carboxylic acids is 1. The van der Waals surface area contributed by atoms with Gasteiger partial charge in [0.05, 0.1) is 5.56 Å². The molecule has 0 saturated carbocycles. The lowest BCUT2D eigenvalue weighted by molar-refractivity contribution is 0.0649. The Bertz CT molecular complexity index is 674. The molecule has 1 aliphatic heterocycles. The SMILES string of the molecule is Cc1cc(C(=O)N2CCCCC[C@H]2c2nnc(C)o2)c(C)o1. The maximum atomic E-state index is 13.0. The number of amides is 1. The molecule has 22 heavy (non-hydrogen) atoms. The second kappa shape index (κ2) is 5.94. The monoisotopic (exact) mass is 303 g/mol. The number of rotatable bonds is 2. The van der Waals surface area contributed by atoms with E-state index in [1.54, 1.807) is 13.0 Å². The van der Waals surface area contributed by atoms with Crippen LogP contribution in [-0.4, -0.2) is 27.5 Å². The van der Waals surface area contributed by atoms with Crippen molar-refractivity contribution in [1.29, 1.82) is 0 Å². The van der Waals surface area contributed by atoms with Gasteiger partial charge >= 0.3 is 0 Å². The lowest BCUT2D eigenvalue weighted by Crippen LogP contribution is -2.35. The predicted molar refractivity (Wildman–Crippen MR) is 79.5 cm³/mol. The molecule has 1 fully saturated rings. The summed E-state index contributed by atoms with van der Waals surface area (Å²) in [6, 6.07) is 1.66. The third-order valence-electron chi connectivity index (χ3n) is 4.11. The number of aryl methyl sites for hydroxylation is 3. The summed E-state index contributed by atoms with van der Waals surface area (Å²) in [4.78, 5) is 14.8. The van der Waals surface area contributed by atoms with Crippen molar-refractivity contribution in [2.45, 2.75) is 52.5 Å². The molecule has 1 amide bonds. The first-order chi connectivity index (χ1) is 10.6. The van der Waals surface area contributed by atoms with E-state index in [4.69, 9.17) is 8.83 Å². The van der Waals surface area contributed by atoms with Gasteiger partial charge < -0.3 is 13.7 Å². The predicted octanol–water partition coefficient (Wildman–Crippen LogP) is 3.35. The third kappa shape index (κ3) is 2.77. The highest BCUT2D eigenvalue weighted by atomic mass is 16.4. The molecule has 2 aromatic rings. The fourth-order valence-electron chi connectivity index (χ4n) is 3.05. The van der Waals surface area contributed by atoms with Crippen molar-refractivity contribution < 1.29 is 13.6 Å². The summed E-state index contributed by atoms with van der Waals surface area (Å²) >= 11 is 0. The van der Waals surface area contributed by atoms with Crippen LogP contribution in [0.2, 0.25) is 0 Å². The molecule has 1 atom stereocenters. The van der Waals surface area contributed by atoms with Crippen LogP contribution >= 0.6 is 0 Å². The van der Waals surface area contributed by atoms with Crippen LogP contribution in [0, 0.1) is 20.8 Å². The largest absolute Gasteiger partial charge is 0.466 e. The third-order valence-corrected chi connectivity index (χ3v) is 4.11. The Labute approximate surface area is 129 Å². The van der Waals surface area contributed by atoms with E-state index in [9.17, 15) is 4.79 Å². The molecule has 118 valence electrons. The average Bonchev–Trinajstić information content (AvgIpc) is 2.95. The number of nitrogens with zero attached hydrogens (tertiary/aromatic N) is 3. The van der Waals surface area contributed by atoms with Crippen molar-refractivity contribution in [3.05, 3.63) is 34.9 Å². The molecule has 0 aliphatic carbocycles. The van der Waals surface area contributed by atoms with E-state index in [0.717, 1.165) is 31.4 Å². The molecular weight excluding hydrogens is 282 g/mol. The van der Waals surface area contributed by atoms with Gasteiger partial charge in [0.15, 0.2) is 0 Å². The van der Waals surface area contributed by atoms with Crippen LogP contribution in [-0.2, 0) is 0 Å². The summed E-state index contributed by atoms with van der Waals surface area (Å²) in [7, 11) is 0. The maximum absolute atomic E-state index is 13.0. The van der Waals surface area contributed by atoms with Crippen molar-refractivity contribution in [2.75, 3.05) is 6.54 Å². The molecule has 0 spiro atoms. The highest BCUT2D eigenvalue weighted by molar-refractivity contribution is 5.95. The first kappa shape index (κ1) is 14.8. The summed E-state index contributed by atoms with van der Waals surface area (Å²) in [5.74, 6) is 2.46. The Morgan fingerprint density at radius 2 is 2.00 bits per heavy atom. The van der Waals surface area contributed by atoms with Gasteiger partial charge in [-0.1, -0.05) is 12.8 Å². The van der Waals surface area contributed by atoms with E-state index < -0.39 is 0 Å². The molecule has 6 nitrogen and oxygen atoms in total. The highest BCUT2D eigenvalue weighted by Gasteiger charge is 2.32. The number of likely N-dealkylation sites (tertiary alicyclic amines) is 1. The second-order valence-corrected chi connectivity index (χ2v) is 5.85. The van der Waals surface area contributed by atoms with Crippen molar-refractivity contribution >= 4 is 5.91 Å². The quantitative estimate of drug-likeness (QED) is 0.850. The number of carbonyl (C=O) groups is 1. The smallest absolute Gasteiger partial charge is 0.258 e. The first-order valence-corrected chi connectivity index (χ1v) is 7.74. The first-order valence-electron chi connectivity index (χ1n) is 7.74. The lowest BCUT2D eigenvalue weighted by atomic mass is 10.1. The molecule has 0 radical (unpaired) electrons. The van der Waals surface area contributed by atoms with Crippen molar-refractivity contribution in [1.82, 2.24) is 15.1 Å². The number of furan rings is 1. The summed E-state index contributed by atoms with van der Waals surface area (Å²) < 4.78 is 11.1. The summed E-state index contributed by atoms with van der Waals surface area (Å²) in [6.07, 6.45) is 4.00. The molecule has 3 rings (SSSR count). The minimum Gasteiger partial charge on any atom is -0.466 e. The Morgan fingerprint density at radius 3 is 2.64 bits per heavy atom. The normalized spacial score (nSPS) is 19.2. The topological polar surface area (TPSA) is 72.4 Å². The van der Waals surface area contributed by atoms with Crippen LogP contribution < -0.4 is 0 Å². The summed E-state index contributed by atoms with van der Waals surface area (Å²) in [5, 5.41) is 8.04. The van der Waals surface area contributed by atoms with Crippen LogP contribution in [0.3, 0.4) is 0 Å². The van der Waals surface area contributed by atoms with E-state index in [-0.39, 0.29) is 11.9 Å². The highest BCUT2D eigenvalue weighted by Crippen LogP contribution is 2.31. The second-order valence-electron chi connectivity index (χ2n) is 5.85. The fourth-order valence-corrected chi connectivity index (χ4v) is 3.05. The number of hydrogen-bond acceptors (Lipinski definition) is 5. The Balaban J connectivity index is 1.93. The van der Waals surface area contributed by atoms with Crippen molar-refractivity contribution in [3.8, 4) is 0 Å². The van der Waals surface area contributed by atoms with Crippen LogP contribution in [0.25, 0.3) is 0 Å². The van der Waals surface area contributed by atoms with E-state index in [1.165, 1.54) is 0 Å². The molecule has 0 aromatic carbocycles. The van der Waals surface area contributed by atoms with Gasteiger partial charge in [0.2, 0.25) is 11.8 Å². The Kier molecular flexibility index (Phi) is 4.00. The lowest BCUT2D eigenvalue weighted by Gasteiger charge is -2.27. The zero-order valence-electron chi connectivity index (χ0n) is 13.3. The van der Waals surface area contributed by atoms with Crippen LogP contribution in [0.5, 0.6) is 0 Å².